The van der Waals surface area contributed by atoms with E-state index in [9.17, 15) is 5.11 Å². The molecule has 0 bridgehead atoms. The summed E-state index contributed by atoms with van der Waals surface area (Å²) in [7, 11) is 0. The van der Waals surface area contributed by atoms with Crippen molar-refractivity contribution in [2.24, 2.45) is 0 Å². The highest BCUT2D eigenvalue weighted by Crippen LogP contribution is 2.23. The average molecular weight is 332 g/mol. The zero-order valence-electron chi connectivity index (χ0n) is 13.4. The fourth-order valence-corrected chi connectivity index (χ4v) is 2.62. The molecule has 1 aromatic carbocycles. The van der Waals surface area contributed by atoms with E-state index in [0.29, 0.717) is 18.3 Å². The van der Waals surface area contributed by atoms with E-state index in [1.807, 2.05) is 36.4 Å². The van der Waals surface area contributed by atoms with E-state index in [2.05, 4.69) is 25.3 Å². The SMILES string of the molecule is Oc1cnc(NCCc2ccncc2)nc1-n1cnc2ccccc21. The normalized spacial score (nSPS) is 10.9. The first-order valence-electron chi connectivity index (χ1n) is 7.92. The third kappa shape index (κ3) is 3.12. The zero-order valence-corrected chi connectivity index (χ0v) is 13.4. The molecule has 0 saturated carbocycles. The van der Waals surface area contributed by atoms with Gasteiger partial charge in [0.2, 0.25) is 5.95 Å². The van der Waals surface area contributed by atoms with Crippen molar-refractivity contribution in [1.29, 1.82) is 0 Å². The van der Waals surface area contributed by atoms with Crippen molar-refractivity contribution in [2.75, 3.05) is 11.9 Å². The van der Waals surface area contributed by atoms with Crippen LogP contribution in [0.2, 0.25) is 0 Å². The first kappa shape index (κ1) is 15.1. The molecule has 25 heavy (non-hydrogen) atoms. The van der Waals surface area contributed by atoms with Crippen LogP contribution in [0, 0.1) is 0 Å². The Morgan fingerprint density at radius 3 is 2.76 bits per heavy atom. The maximum absolute atomic E-state index is 10.2. The molecule has 0 radical (unpaired) electrons. The molecule has 0 fully saturated rings. The van der Waals surface area contributed by atoms with Crippen LogP contribution in [0.15, 0.2) is 61.3 Å². The Kier molecular flexibility index (Phi) is 3.96. The number of fused-ring (bicyclic) bond motifs is 1. The molecule has 0 aliphatic rings. The maximum Gasteiger partial charge on any atom is 0.224 e. The van der Waals surface area contributed by atoms with Gasteiger partial charge in [-0.2, -0.15) is 4.98 Å². The molecule has 7 heteroatoms. The molecule has 4 rings (SSSR count). The van der Waals surface area contributed by atoms with Crippen molar-refractivity contribution in [3.05, 3.63) is 66.9 Å². The number of rotatable bonds is 5. The van der Waals surface area contributed by atoms with Crippen LogP contribution in [0.25, 0.3) is 16.9 Å². The predicted octanol–water partition coefficient (Wildman–Crippen LogP) is 2.57. The summed E-state index contributed by atoms with van der Waals surface area (Å²) in [4.78, 5) is 16.9. The van der Waals surface area contributed by atoms with E-state index in [0.717, 1.165) is 17.5 Å². The molecule has 2 N–H and O–H groups in total. The minimum absolute atomic E-state index is 0.00263. The molecular weight excluding hydrogens is 316 g/mol. The van der Waals surface area contributed by atoms with Gasteiger partial charge in [0.05, 0.1) is 17.2 Å². The zero-order chi connectivity index (χ0) is 17.1. The second-order valence-electron chi connectivity index (χ2n) is 5.54. The molecule has 3 aromatic heterocycles. The molecule has 0 spiro atoms. The summed E-state index contributed by atoms with van der Waals surface area (Å²) in [6.45, 7) is 0.679. The van der Waals surface area contributed by atoms with E-state index in [1.54, 1.807) is 23.3 Å². The van der Waals surface area contributed by atoms with Crippen LogP contribution in [0.3, 0.4) is 0 Å². The smallest absolute Gasteiger partial charge is 0.224 e. The van der Waals surface area contributed by atoms with Crippen LogP contribution in [-0.4, -0.2) is 36.2 Å². The topological polar surface area (TPSA) is 88.8 Å². The summed E-state index contributed by atoms with van der Waals surface area (Å²) in [6, 6.07) is 11.6. The Morgan fingerprint density at radius 1 is 1.04 bits per heavy atom. The quantitative estimate of drug-likeness (QED) is 0.584. The van der Waals surface area contributed by atoms with Gasteiger partial charge in [-0.3, -0.25) is 9.55 Å². The fraction of sp³-hybridized carbons (Fsp3) is 0.111. The van der Waals surface area contributed by atoms with Crippen molar-refractivity contribution in [2.45, 2.75) is 6.42 Å². The van der Waals surface area contributed by atoms with Crippen LogP contribution in [0.4, 0.5) is 5.95 Å². The summed E-state index contributed by atoms with van der Waals surface area (Å²) >= 11 is 0. The number of hydrogen-bond acceptors (Lipinski definition) is 6. The van der Waals surface area contributed by atoms with Crippen molar-refractivity contribution >= 4 is 17.0 Å². The standard InChI is InChI=1S/C18H16N6O/c25-16-11-21-18(20-10-7-13-5-8-19-9-6-13)23-17(16)24-12-22-14-3-1-2-4-15(14)24/h1-6,8-9,11-12,25H,7,10H2,(H,20,21,23). The number of aromatic hydroxyl groups is 1. The average Bonchev–Trinajstić information content (AvgIpc) is 3.08. The second kappa shape index (κ2) is 6.56. The van der Waals surface area contributed by atoms with Crippen molar-refractivity contribution in [3.63, 3.8) is 0 Å². The van der Waals surface area contributed by atoms with Gasteiger partial charge >= 0.3 is 0 Å². The monoisotopic (exact) mass is 332 g/mol. The Hall–Kier alpha value is -3.48. The minimum atomic E-state index is 0.00263. The molecular formula is C18H16N6O. The highest BCUT2D eigenvalue weighted by molar-refractivity contribution is 5.77. The third-order valence-electron chi connectivity index (χ3n) is 3.88. The number of pyridine rings is 1. The van der Waals surface area contributed by atoms with Gasteiger partial charge in [-0.1, -0.05) is 12.1 Å². The number of nitrogens with zero attached hydrogens (tertiary/aromatic N) is 5. The summed E-state index contributed by atoms with van der Waals surface area (Å²) < 4.78 is 1.75. The lowest BCUT2D eigenvalue weighted by Crippen LogP contribution is -2.09. The predicted molar refractivity (Wildman–Crippen MR) is 94.8 cm³/mol. The van der Waals surface area contributed by atoms with E-state index in [1.165, 1.54) is 11.8 Å². The van der Waals surface area contributed by atoms with Crippen LogP contribution in [-0.2, 0) is 6.42 Å². The van der Waals surface area contributed by atoms with E-state index >= 15 is 0 Å². The Balaban J connectivity index is 1.56. The van der Waals surface area contributed by atoms with Crippen LogP contribution < -0.4 is 5.32 Å². The summed E-state index contributed by atoms with van der Waals surface area (Å²) in [5, 5.41) is 13.3. The molecule has 0 saturated heterocycles. The van der Waals surface area contributed by atoms with Crippen molar-refractivity contribution in [1.82, 2.24) is 24.5 Å². The van der Waals surface area contributed by atoms with Gasteiger partial charge in [0.1, 0.15) is 6.33 Å². The molecule has 4 aromatic rings. The van der Waals surface area contributed by atoms with E-state index in [4.69, 9.17) is 0 Å². The van der Waals surface area contributed by atoms with E-state index in [-0.39, 0.29) is 5.75 Å². The van der Waals surface area contributed by atoms with Gasteiger partial charge in [-0.05, 0) is 36.2 Å². The lowest BCUT2D eigenvalue weighted by Gasteiger charge is -2.09. The first-order chi connectivity index (χ1) is 12.3. The number of para-hydroxylation sites is 2. The second-order valence-corrected chi connectivity index (χ2v) is 5.54. The highest BCUT2D eigenvalue weighted by Gasteiger charge is 2.11. The van der Waals surface area contributed by atoms with Gasteiger partial charge in [-0.25, -0.2) is 9.97 Å². The molecule has 0 aliphatic heterocycles. The first-order valence-corrected chi connectivity index (χ1v) is 7.92. The van der Waals surface area contributed by atoms with Crippen LogP contribution in [0.5, 0.6) is 5.75 Å². The largest absolute Gasteiger partial charge is 0.503 e. The van der Waals surface area contributed by atoms with Crippen molar-refractivity contribution < 1.29 is 5.11 Å². The summed E-state index contributed by atoms with van der Waals surface area (Å²) in [5.74, 6) is 0.859. The minimum Gasteiger partial charge on any atom is -0.503 e. The molecule has 3 heterocycles. The van der Waals surface area contributed by atoms with Crippen molar-refractivity contribution in [3.8, 4) is 11.6 Å². The van der Waals surface area contributed by atoms with Gasteiger partial charge in [-0.15, -0.1) is 0 Å². The number of imidazole rings is 1. The Bertz CT molecular complexity index is 999. The lowest BCUT2D eigenvalue weighted by molar-refractivity contribution is 0.466. The van der Waals surface area contributed by atoms with Gasteiger partial charge in [0.15, 0.2) is 11.6 Å². The van der Waals surface area contributed by atoms with Gasteiger partial charge < -0.3 is 10.4 Å². The van der Waals surface area contributed by atoms with Gasteiger partial charge in [0.25, 0.3) is 0 Å². The molecule has 0 atom stereocenters. The Morgan fingerprint density at radius 2 is 1.88 bits per heavy atom. The summed E-state index contributed by atoms with van der Waals surface area (Å²) in [6.07, 6.45) is 7.42. The number of nitrogens with one attached hydrogen (secondary N) is 1. The Labute approximate surface area is 144 Å². The maximum atomic E-state index is 10.2. The number of benzene rings is 1. The van der Waals surface area contributed by atoms with Crippen LogP contribution >= 0.6 is 0 Å². The number of aromatic nitrogens is 5. The van der Waals surface area contributed by atoms with Gasteiger partial charge in [0, 0.05) is 18.9 Å². The number of anilines is 1. The lowest BCUT2D eigenvalue weighted by atomic mass is 10.2. The molecule has 7 nitrogen and oxygen atoms in total. The number of hydrogen-bond donors (Lipinski definition) is 2. The highest BCUT2D eigenvalue weighted by atomic mass is 16.3. The molecule has 0 amide bonds. The molecule has 0 aliphatic carbocycles. The molecule has 124 valence electrons. The summed E-state index contributed by atoms with van der Waals surface area (Å²) in [5.41, 5.74) is 2.90. The van der Waals surface area contributed by atoms with E-state index < -0.39 is 0 Å². The van der Waals surface area contributed by atoms with Crippen LogP contribution in [0.1, 0.15) is 5.56 Å². The fourth-order valence-electron chi connectivity index (χ4n) is 2.62. The molecule has 0 unspecified atom stereocenters. The third-order valence-corrected chi connectivity index (χ3v) is 3.88.